The first-order valence-corrected chi connectivity index (χ1v) is 8.43. The van der Waals surface area contributed by atoms with E-state index in [0.29, 0.717) is 35.9 Å². The molecular formula is C19H18F2N4O2. The van der Waals surface area contributed by atoms with Gasteiger partial charge in [-0.05, 0) is 30.7 Å². The van der Waals surface area contributed by atoms with E-state index in [9.17, 15) is 13.6 Å². The number of nitrogens with zero attached hydrogens (tertiary/aromatic N) is 2. The molecule has 0 saturated carbocycles. The highest BCUT2D eigenvalue weighted by molar-refractivity contribution is 5.55. The van der Waals surface area contributed by atoms with Gasteiger partial charge in [-0.3, -0.25) is 4.79 Å². The van der Waals surface area contributed by atoms with Crippen molar-refractivity contribution in [2.75, 3.05) is 18.5 Å². The van der Waals surface area contributed by atoms with Gasteiger partial charge in [0.1, 0.15) is 24.1 Å². The van der Waals surface area contributed by atoms with Crippen LogP contribution in [0.4, 0.5) is 14.6 Å². The van der Waals surface area contributed by atoms with Crippen molar-refractivity contribution in [3.05, 3.63) is 70.3 Å². The third-order valence-corrected chi connectivity index (χ3v) is 3.75. The van der Waals surface area contributed by atoms with Gasteiger partial charge >= 0.3 is 0 Å². The fourth-order valence-electron chi connectivity index (χ4n) is 2.40. The predicted octanol–water partition coefficient (Wildman–Crippen LogP) is 3.16. The summed E-state index contributed by atoms with van der Waals surface area (Å²) >= 11 is 0. The number of hydrogen-bond donors (Lipinski definition) is 2. The van der Waals surface area contributed by atoms with Crippen molar-refractivity contribution in [1.29, 1.82) is 0 Å². The molecular weight excluding hydrogens is 354 g/mol. The highest BCUT2D eigenvalue weighted by Crippen LogP contribution is 2.18. The molecule has 2 N–H and O–H groups in total. The van der Waals surface area contributed by atoms with Crippen molar-refractivity contribution in [2.24, 2.45) is 0 Å². The Kier molecular flexibility index (Phi) is 5.75. The number of anilines is 1. The second kappa shape index (κ2) is 8.39. The van der Waals surface area contributed by atoms with E-state index in [1.165, 1.54) is 12.1 Å². The smallest absolute Gasteiger partial charge is 0.251 e. The number of H-pyrrole nitrogens is 1. The second-order valence-electron chi connectivity index (χ2n) is 5.72. The van der Waals surface area contributed by atoms with E-state index in [1.807, 2.05) is 6.92 Å². The van der Waals surface area contributed by atoms with E-state index < -0.39 is 11.6 Å². The number of benzene rings is 1. The molecule has 0 unspecified atom stereocenters. The Morgan fingerprint density at radius 2 is 2.04 bits per heavy atom. The molecule has 0 bridgehead atoms. The second-order valence-corrected chi connectivity index (χ2v) is 5.72. The molecule has 3 rings (SSSR count). The highest BCUT2D eigenvalue weighted by Gasteiger charge is 2.06. The van der Waals surface area contributed by atoms with Crippen molar-refractivity contribution >= 4 is 5.82 Å². The van der Waals surface area contributed by atoms with Gasteiger partial charge in [0.05, 0.1) is 6.54 Å². The summed E-state index contributed by atoms with van der Waals surface area (Å²) in [6.07, 6.45) is 2.26. The first-order valence-electron chi connectivity index (χ1n) is 8.43. The van der Waals surface area contributed by atoms with Crippen LogP contribution in [0.15, 0.2) is 47.4 Å². The molecule has 0 aliphatic rings. The lowest BCUT2D eigenvalue weighted by atomic mass is 10.2. The number of aromatic amines is 1. The standard InChI is InChI=1S/C19H18F2N4O2/c1-2-14-10-18(26)25-19(24-14)12-3-6-17(23-11-12)22-7-8-27-16-5-4-13(20)9-15(16)21/h3-6,9-11H,2,7-8H2,1H3,(H,22,23)(H,24,25,26). The maximum atomic E-state index is 13.5. The summed E-state index contributed by atoms with van der Waals surface area (Å²) in [7, 11) is 0. The molecule has 0 amide bonds. The Labute approximate surface area is 154 Å². The minimum atomic E-state index is -0.742. The van der Waals surface area contributed by atoms with Gasteiger partial charge in [-0.2, -0.15) is 0 Å². The number of rotatable bonds is 7. The average Bonchev–Trinajstić information content (AvgIpc) is 2.66. The molecule has 140 valence electrons. The van der Waals surface area contributed by atoms with Crippen LogP contribution in [-0.2, 0) is 6.42 Å². The molecule has 6 nitrogen and oxygen atoms in total. The van der Waals surface area contributed by atoms with Crippen molar-refractivity contribution < 1.29 is 13.5 Å². The first kappa shape index (κ1) is 18.5. The lowest BCUT2D eigenvalue weighted by Crippen LogP contribution is -2.13. The quantitative estimate of drug-likeness (QED) is 0.623. The molecule has 0 saturated heterocycles. The fourth-order valence-corrected chi connectivity index (χ4v) is 2.40. The topological polar surface area (TPSA) is 79.9 Å². The summed E-state index contributed by atoms with van der Waals surface area (Å²) in [5.74, 6) is -0.340. The van der Waals surface area contributed by atoms with Crippen LogP contribution in [0.5, 0.6) is 5.75 Å². The van der Waals surface area contributed by atoms with Crippen LogP contribution in [0.2, 0.25) is 0 Å². The van der Waals surface area contributed by atoms with Gasteiger partial charge in [-0.1, -0.05) is 6.92 Å². The molecule has 2 aromatic heterocycles. The Bertz CT molecular complexity index is 974. The van der Waals surface area contributed by atoms with E-state index in [2.05, 4.69) is 20.3 Å². The molecule has 0 aliphatic heterocycles. The van der Waals surface area contributed by atoms with Gasteiger partial charge in [-0.25, -0.2) is 18.7 Å². The number of aromatic nitrogens is 3. The highest BCUT2D eigenvalue weighted by atomic mass is 19.1. The molecule has 1 aromatic carbocycles. The molecule has 27 heavy (non-hydrogen) atoms. The Hall–Kier alpha value is -3.29. The molecule has 0 spiro atoms. The Balaban J connectivity index is 1.56. The minimum Gasteiger partial charge on any atom is -0.489 e. The monoisotopic (exact) mass is 372 g/mol. The molecule has 3 aromatic rings. The van der Waals surface area contributed by atoms with Crippen LogP contribution in [0.1, 0.15) is 12.6 Å². The Morgan fingerprint density at radius 1 is 1.19 bits per heavy atom. The largest absolute Gasteiger partial charge is 0.489 e. The summed E-state index contributed by atoms with van der Waals surface area (Å²) in [6, 6.07) is 8.15. The summed E-state index contributed by atoms with van der Waals surface area (Å²) < 4.78 is 31.6. The van der Waals surface area contributed by atoms with Gasteiger partial charge in [0, 0.05) is 29.6 Å². The predicted molar refractivity (Wildman–Crippen MR) is 97.8 cm³/mol. The lowest BCUT2D eigenvalue weighted by molar-refractivity contribution is 0.314. The number of nitrogens with one attached hydrogen (secondary N) is 2. The van der Waals surface area contributed by atoms with Gasteiger partial charge in [0.25, 0.3) is 5.56 Å². The average molecular weight is 372 g/mol. The van der Waals surface area contributed by atoms with E-state index in [1.54, 1.807) is 18.3 Å². The summed E-state index contributed by atoms with van der Waals surface area (Å²) in [5.41, 5.74) is 1.20. The van der Waals surface area contributed by atoms with Crippen LogP contribution < -0.4 is 15.6 Å². The number of hydrogen-bond acceptors (Lipinski definition) is 5. The third kappa shape index (κ3) is 4.87. The van der Waals surface area contributed by atoms with Crippen LogP contribution >= 0.6 is 0 Å². The van der Waals surface area contributed by atoms with Crippen molar-refractivity contribution in [3.8, 4) is 17.1 Å². The lowest BCUT2D eigenvalue weighted by Gasteiger charge is -2.09. The van der Waals surface area contributed by atoms with Crippen LogP contribution in [-0.4, -0.2) is 28.1 Å². The normalized spacial score (nSPS) is 10.6. The maximum Gasteiger partial charge on any atom is 0.251 e. The minimum absolute atomic E-state index is 0.00709. The molecule has 8 heteroatoms. The van der Waals surface area contributed by atoms with E-state index in [4.69, 9.17) is 4.74 Å². The Morgan fingerprint density at radius 3 is 2.74 bits per heavy atom. The third-order valence-electron chi connectivity index (χ3n) is 3.75. The summed E-state index contributed by atoms with van der Waals surface area (Å²) in [4.78, 5) is 23.0. The van der Waals surface area contributed by atoms with Crippen molar-refractivity contribution in [1.82, 2.24) is 15.0 Å². The number of halogens is 2. The molecule has 0 atom stereocenters. The number of pyridine rings is 1. The van der Waals surface area contributed by atoms with Gasteiger partial charge in [0.2, 0.25) is 0 Å². The van der Waals surface area contributed by atoms with Gasteiger partial charge < -0.3 is 15.0 Å². The van der Waals surface area contributed by atoms with E-state index in [0.717, 1.165) is 12.1 Å². The van der Waals surface area contributed by atoms with E-state index >= 15 is 0 Å². The number of ether oxygens (including phenoxy) is 1. The van der Waals surface area contributed by atoms with E-state index in [-0.39, 0.29) is 17.9 Å². The summed E-state index contributed by atoms with van der Waals surface area (Å²) in [5, 5.41) is 3.03. The van der Waals surface area contributed by atoms with Crippen LogP contribution in [0, 0.1) is 11.6 Å². The fraction of sp³-hybridized carbons (Fsp3) is 0.211. The first-order chi connectivity index (χ1) is 13.0. The zero-order chi connectivity index (χ0) is 19.2. The SMILES string of the molecule is CCc1cc(=O)[nH]c(-c2ccc(NCCOc3ccc(F)cc3F)nc2)n1. The molecule has 0 radical (unpaired) electrons. The van der Waals surface area contributed by atoms with Gasteiger partial charge in [0.15, 0.2) is 11.6 Å². The number of aryl methyl sites for hydroxylation is 1. The van der Waals surface area contributed by atoms with Gasteiger partial charge in [-0.15, -0.1) is 0 Å². The summed E-state index contributed by atoms with van der Waals surface area (Å²) in [6.45, 7) is 2.49. The van der Waals surface area contributed by atoms with Crippen molar-refractivity contribution in [2.45, 2.75) is 13.3 Å². The zero-order valence-electron chi connectivity index (χ0n) is 14.6. The molecule has 0 fully saturated rings. The molecule has 0 aliphatic carbocycles. The maximum absolute atomic E-state index is 13.5. The van der Waals surface area contributed by atoms with Crippen LogP contribution in [0.25, 0.3) is 11.4 Å². The van der Waals surface area contributed by atoms with Crippen LogP contribution in [0.3, 0.4) is 0 Å². The molecule has 2 heterocycles. The zero-order valence-corrected chi connectivity index (χ0v) is 14.6. The van der Waals surface area contributed by atoms with Crippen molar-refractivity contribution in [3.63, 3.8) is 0 Å².